The van der Waals surface area contributed by atoms with Gasteiger partial charge < -0.3 is 4.74 Å². The Morgan fingerprint density at radius 1 is 1.00 bits per heavy atom. The van der Waals surface area contributed by atoms with E-state index in [4.69, 9.17) is 9.72 Å². The molecule has 0 saturated carbocycles. The van der Waals surface area contributed by atoms with Gasteiger partial charge in [0.25, 0.3) is 15.9 Å². The Morgan fingerprint density at radius 2 is 1.77 bits per heavy atom. The molecule has 0 bridgehead atoms. The van der Waals surface area contributed by atoms with Gasteiger partial charge in [-0.15, -0.1) is 0 Å². The number of ether oxygens (including phenoxy) is 1. The molecule has 2 heterocycles. The molecule has 5 rings (SSSR count). The molecule has 198 valence electrons. The molecular weight excluding hydrogens is 532 g/mol. The van der Waals surface area contributed by atoms with Gasteiger partial charge in [0, 0.05) is 12.4 Å². The van der Waals surface area contributed by atoms with Gasteiger partial charge in [0.05, 0.1) is 34.5 Å². The second-order valence-electron chi connectivity index (χ2n) is 8.98. The molecule has 1 amide bonds. The number of sulfonamides is 1. The third kappa shape index (κ3) is 5.47. The zero-order chi connectivity index (χ0) is 27.6. The number of methoxy groups -OCH3 is 1. The van der Waals surface area contributed by atoms with Crippen molar-refractivity contribution < 1.29 is 17.9 Å². The summed E-state index contributed by atoms with van der Waals surface area (Å²) in [7, 11) is -2.35. The maximum absolute atomic E-state index is 14.2. The molecule has 3 aromatic carbocycles. The molecule has 0 aliphatic rings. The van der Waals surface area contributed by atoms with E-state index in [0.717, 1.165) is 21.4 Å². The van der Waals surface area contributed by atoms with Crippen molar-refractivity contribution in [1.82, 2.24) is 9.97 Å². The van der Waals surface area contributed by atoms with Crippen LogP contribution in [0.5, 0.6) is 5.75 Å². The van der Waals surface area contributed by atoms with E-state index in [2.05, 4.69) is 9.71 Å². The Hall–Kier alpha value is -4.28. The van der Waals surface area contributed by atoms with Crippen molar-refractivity contribution >= 4 is 48.3 Å². The second-order valence-corrected chi connectivity index (χ2v) is 11.6. The number of aromatic nitrogens is 2. The van der Waals surface area contributed by atoms with Crippen LogP contribution in [0.3, 0.4) is 0 Å². The highest BCUT2D eigenvalue weighted by molar-refractivity contribution is 7.92. The minimum atomic E-state index is -3.93. The number of aryl methyl sites for hydroxylation is 2. The van der Waals surface area contributed by atoms with E-state index < -0.39 is 15.9 Å². The number of amides is 1. The van der Waals surface area contributed by atoms with Gasteiger partial charge in [0.1, 0.15) is 11.3 Å². The summed E-state index contributed by atoms with van der Waals surface area (Å²) in [5, 5.41) is 0.461. The van der Waals surface area contributed by atoms with Crippen molar-refractivity contribution in [3.8, 4) is 5.75 Å². The Kier molecular flexibility index (Phi) is 7.32. The summed E-state index contributed by atoms with van der Waals surface area (Å²) in [5.74, 6) is 0.204. The van der Waals surface area contributed by atoms with E-state index in [9.17, 15) is 13.2 Å². The van der Waals surface area contributed by atoms with E-state index >= 15 is 0 Å². The van der Waals surface area contributed by atoms with Crippen LogP contribution >= 0.6 is 11.3 Å². The van der Waals surface area contributed by atoms with Crippen molar-refractivity contribution in [1.29, 1.82) is 0 Å². The third-order valence-corrected chi connectivity index (χ3v) is 8.78. The standard InChI is InChI=1S/C29H26N4O4S2/c1-19-10-13-22(14-11-19)39(35,36)32-24-9-5-4-8-23(24)28(34)33(18-21-7-6-16-30-17-21)29-31-26-25(37-3)15-12-20(2)27(26)38-29/h4-17,32H,18H2,1-3H3. The smallest absolute Gasteiger partial charge is 0.262 e. The topological polar surface area (TPSA) is 101 Å². The fraction of sp³-hybridized carbons (Fsp3) is 0.138. The first-order valence-electron chi connectivity index (χ1n) is 12.1. The van der Waals surface area contributed by atoms with Gasteiger partial charge in [-0.2, -0.15) is 0 Å². The lowest BCUT2D eigenvalue weighted by Crippen LogP contribution is -2.31. The lowest BCUT2D eigenvalue weighted by molar-refractivity contribution is 0.0986. The van der Waals surface area contributed by atoms with Crippen LogP contribution in [0.15, 0.2) is 90.1 Å². The number of carbonyl (C=O) groups excluding carboxylic acids is 1. The summed E-state index contributed by atoms with van der Waals surface area (Å²) in [6.07, 6.45) is 3.35. The minimum Gasteiger partial charge on any atom is -0.494 e. The first-order valence-corrected chi connectivity index (χ1v) is 14.4. The van der Waals surface area contributed by atoms with Crippen molar-refractivity contribution in [2.24, 2.45) is 0 Å². The predicted molar refractivity (Wildman–Crippen MR) is 154 cm³/mol. The van der Waals surface area contributed by atoms with Gasteiger partial charge in [-0.3, -0.25) is 19.4 Å². The zero-order valence-corrected chi connectivity index (χ0v) is 23.2. The number of benzene rings is 3. The summed E-state index contributed by atoms with van der Waals surface area (Å²) in [6.45, 7) is 4.05. The summed E-state index contributed by atoms with van der Waals surface area (Å²) in [5.41, 5.74) is 3.78. The molecule has 0 radical (unpaired) electrons. The quantitative estimate of drug-likeness (QED) is 0.252. The minimum absolute atomic E-state index is 0.108. The number of hydrogen-bond acceptors (Lipinski definition) is 7. The van der Waals surface area contributed by atoms with Crippen molar-refractivity contribution in [2.45, 2.75) is 25.3 Å². The predicted octanol–water partition coefficient (Wildman–Crippen LogP) is 5.96. The Bertz CT molecular complexity index is 1750. The van der Waals surface area contributed by atoms with Crippen LogP contribution in [0.4, 0.5) is 10.8 Å². The highest BCUT2D eigenvalue weighted by Gasteiger charge is 2.26. The molecule has 2 aromatic heterocycles. The highest BCUT2D eigenvalue weighted by atomic mass is 32.2. The number of nitrogens with one attached hydrogen (secondary N) is 1. The van der Waals surface area contributed by atoms with Crippen LogP contribution in [0, 0.1) is 13.8 Å². The van der Waals surface area contributed by atoms with Gasteiger partial charge in [-0.25, -0.2) is 13.4 Å². The largest absolute Gasteiger partial charge is 0.494 e. The highest BCUT2D eigenvalue weighted by Crippen LogP contribution is 2.38. The average Bonchev–Trinajstić information content (AvgIpc) is 3.39. The third-order valence-electron chi connectivity index (χ3n) is 6.18. The van der Waals surface area contributed by atoms with Crippen LogP contribution in [0.25, 0.3) is 10.2 Å². The second kappa shape index (κ2) is 10.8. The maximum atomic E-state index is 14.2. The Morgan fingerprint density at radius 3 is 2.49 bits per heavy atom. The first kappa shape index (κ1) is 26.3. The number of rotatable bonds is 8. The molecule has 1 N–H and O–H groups in total. The van der Waals surface area contributed by atoms with Gasteiger partial charge in [-0.05, 0) is 61.4 Å². The molecular formula is C29H26N4O4S2. The lowest BCUT2D eigenvalue weighted by Gasteiger charge is -2.22. The number of carbonyl (C=O) groups is 1. The van der Waals surface area contributed by atoms with Crippen LogP contribution in [-0.2, 0) is 16.6 Å². The number of pyridine rings is 1. The van der Waals surface area contributed by atoms with E-state index in [-0.39, 0.29) is 22.7 Å². The van der Waals surface area contributed by atoms with E-state index in [1.165, 1.54) is 23.5 Å². The number of nitrogens with zero attached hydrogens (tertiary/aromatic N) is 3. The van der Waals surface area contributed by atoms with Crippen molar-refractivity contribution in [3.63, 3.8) is 0 Å². The zero-order valence-electron chi connectivity index (χ0n) is 21.6. The summed E-state index contributed by atoms with van der Waals surface area (Å²) < 4.78 is 35.4. The molecule has 0 aliphatic heterocycles. The first-order chi connectivity index (χ1) is 18.8. The van der Waals surface area contributed by atoms with Gasteiger partial charge in [-0.1, -0.05) is 53.3 Å². The molecule has 5 aromatic rings. The average molecular weight is 559 g/mol. The van der Waals surface area contributed by atoms with Crippen molar-refractivity contribution in [3.05, 3.63) is 107 Å². The molecule has 39 heavy (non-hydrogen) atoms. The molecule has 0 fully saturated rings. The summed E-state index contributed by atoms with van der Waals surface area (Å²) in [6, 6.07) is 20.6. The lowest BCUT2D eigenvalue weighted by atomic mass is 10.1. The molecule has 0 unspecified atom stereocenters. The van der Waals surface area contributed by atoms with E-state index in [1.54, 1.807) is 66.9 Å². The molecule has 10 heteroatoms. The van der Waals surface area contributed by atoms with Crippen LogP contribution < -0.4 is 14.4 Å². The summed E-state index contributed by atoms with van der Waals surface area (Å²) >= 11 is 1.38. The van der Waals surface area contributed by atoms with Gasteiger partial charge in [0.2, 0.25) is 0 Å². The Balaban J connectivity index is 1.58. The molecule has 0 atom stereocenters. The monoisotopic (exact) mass is 558 g/mol. The number of fused-ring (bicyclic) bond motifs is 1. The molecule has 0 aliphatic carbocycles. The number of para-hydroxylation sites is 1. The van der Waals surface area contributed by atoms with Crippen LogP contribution in [-0.4, -0.2) is 31.4 Å². The van der Waals surface area contributed by atoms with Crippen molar-refractivity contribution in [2.75, 3.05) is 16.7 Å². The maximum Gasteiger partial charge on any atom is 0.262 e. The van der Waals surface area contributed by atoms with E-state index in [1.807, 2.05) is 32.0 Å². The normalized spacial score (nSPS) is 11.4. The molecule has 0 saturated heterocycles. The molecule has 0 spiro atoms. The van der Waals surface area contributed by atoms with Crippen LogP contribution in [0.2, 0.25) is 0 Å². The van der Waals surface area contributed by atoms with E-state index in [0.29, 0.717) is 16.4 Å². The number of hydrogen-bond donors (Lipinski definition) is 1. The number of anilines is 2. The van der Waals surface area contributed by atoms with Gasteiger partial charge in [0.15, 0.2) is 5.13 Å². The van der Waals surface area contributed by atoms with Crippen LogP contribution in [0.1, 0.15) is 27.0 Å². The Labute approximate surface area is 231 Å². The van der Waals surface area contributed by atoms with Gasteiger partial charge >= 0.3 is 0 Å². The fourth-order valence-electron chi connectivity index (χ4n) is 4.10. The SMILES string of the molecule is COc1ccc(C)c2sc(N(Cc3cccnc3)C(=O)c3ccccc3NS(=O)(=O)c3ccc(C)cc3)nc12. The summed E-state index contributed by atoms with van der Waals surface area (Å²) in [4.78, 5) is 24.8. The fourth-order valence-corrected chi connectivity index (χ4v) is 6.23. The number of thiazole rings is 1. The molecule has 8 nitrogen and oxygen atoms in total.